The second kappa shape index (κ2) is 7.21. The maximum Gasteiger partial charge on any atom is 0.221 e. The lowest BCUT2D eigenvalue weighted by atomic mass is 9.95. The van der Waals surface area contributed by atoms with Crippen LogP contribution in [0.15, 0.2) is 0 Å². The van der Waals surface area contributed by atoms with Gasteiger partial charge in [0.2, 0.25) is 5.79 Å². The average Bonchev–Trinajstić information content (AvgIpc) is 2.55. The van der Waals surface area contributed by atoms with E-state index in [9.17, 15) is 35.7 Å². The minimum atomic E-state index is -2.25. The van der Waals surface area contributed by atoms with Crippen molar-refractivity contribution in [1.82, 2.24) is 0 Å². The van der Waals surface area contributed by atoms with Gasteiger partial charge in [0.1, 0.15) is 49.3 Å². The van der Waals surface area contributed by atoms with Crippen LogP contribution in [0.3, 0.4) is 0 Å². The third-order valence-corrected chi connectivity index (χ3v) is 4.07. The van der Waals surface area contributed by atoms with Gasteiger partial charge < -0.3 is 55.1 Å². The maximum atomic E-state index is 10.00. The molecule has 8 N–H and O–H groups in total. The van der Waals surface area contributed by atoms with E-state index in [1.807, 2.05) is 0 Å². The van der Waals surface area contributed by atoms with Crippen LogP contribution in [0.2, 0.25) is 0 Å². The van der Waals surface area contributed by atoms with E-state index in [-0.39, 0.29) is 0 Å². The van der Waals surface area contributed by atoms with Crippen LogP contribution in [0, 0.1) is 0 Å². The van der Waals surface area contributed by atoms with Crippen molar-refractivity contribution >= 4 is 0 Å². The highest BCUT2D eigenvalue weighted by Crippen LogP contribution is 2.32. The molecule has 11 nitrogen and oxygen atoms in total. The van der Waals surface area contributed by atoms with Crippen LogP contribution < -0.4 is 0 Å². The summed E-state index contributed by atoms with van der Waals surface area (Å²) >= 11 is 0. The van der Waals surface area contributed by atoms with Crippen molar-refractivity contribution in [3.05, 3.63) is 0 Å². The molecule has 23 heavy (non-hydrogen) atoms. The highest BCUT2D eigenvalue weighted by molar-refractivity contribution is 4.96. The molecule has 0 aliphatic carbocycles. The van der Waals surface area contributed by atoms with Gasteiger partial charge in [-0.05, 0) is 0 Å². The maximum absolute atomic E-state index is 10.00. The van der Waals surface area contributed by atoms with Gasteiger partial charge in [0.15, 0.2) is 6.29 Å². The van der Waals surface area contributed by atoms with Crippen molar-refractivity contribution in [2.24, 2.45) is 0 Å². The van der Waals surface area contributed by atoms with Gasteiger partial charge in [-0.25, -0.2) is 0 Å². The molecule has 2 saturated heterocycles. The highest BCUT2D eigenvalue weighted by Gasteiger charge is 2.55. The number of ether oxygens (including phenoxy) is 3. The van der Waals surface area contributed by atoms with Crippen molar-refractivity contribution in [3.8, 4) is 0 Å². The van der Waals surface area contributed by atoms with Crippen LogP contribution in [0.4, 0.5) is 0 Å². The SMILES string of the molecule is OC[C@H]1O[C@H](O)[C@H](O[C@]2(CO)OC[C@@H](O)[C@@H](O)[C@@H]2O)[C@@H](O)[C@@H]1O. The van der Waals surface area contributed by atoms with Crippen molar-refractivity contribution in [2.75, 3.05) is 19.8 Å². The molecule has 0 aromatic carbocycles. The Bertz CT molecular complexity index is 395. The van der Waals surface area contributed by atoms with Crippen LogP contribution in [0.25, 0.3) is 0 Å². The summed E-state index contributed by atoms with van der Waals surface area (Å²) in [5.41, 5.74) is 0. The zero-order valence-electron chi connectivity index (χ0n) is 12.0. The van der Waals surface area contributed by atoms with Gasteiger partial charge in [-0.15, -0.1) is 0 Å². The topological polar surface area (TPSA) is 190 Å². The molecule has 2 heterocycles. The average molecular weight is 342 g/mol. The van der Waals surface area contributed by atoms with Gasteiger partial charge in [0.25, 0.3) is 0 Å². The van der Waals surface area contributed by atoms with Gasteiger partial charge in [-0.1, -0.05) is 0 Å². The molecule has 136 valence electrons. The first kappa shape index (κ1) is 18.9. The van der Waals surface area contributed by atoms with E-state index in [4.69, 9.17) is 19.3 Å². The Morgan fingerprint density at radius 2 is 1.61 bits per heavy atom. The van der Waals surface area contributed by atoms with Crippen LogP contribution in [-0.4, -0.2) is 115 Å². The molecule has 0 saturated carbocycles. The largest absolute Gasteiger partial charge is 0.394 e. The fourth-order valence-corrected chi connectivity index (χ4v) is 2.59. The van der Waals surface area contributed by atoms with Crippen LogP contribution in [0.5, 0.6) is 0 Å². The van der Waals surface area contributed by atoms with E-state index >= 15 is 0 Å². The van der Waals surface area contributed by atoms with Crippen molar-refractivity contribution in [2.45, 2.75) is 54.8 Å². The van der Waals surface area contributed by atoms with E-state index < -0.39 is 74.6 Å². The predicted molar refractivity (Wildman–Crippen MR) is 68.6 cm³/mol. The molecule has 2 aliphatic heterocycles. The Balaban J connectivity index is 2.18. The van der Waals surface area contributed by atoms with Crippen LogP contribution >= 0.6 is 0 Å². The van der Waals surface area contributed by atoms with Crippen molar-refractivity contribution in [3.63, 3.8) is 0 Å². The fourth-order valence-electron chi connectivity index (χ4n) is 2.59. The molecule has 2 fully saturated rings. The van der Waals surface area contributed by atoms with Crippen LogP contribution in [-0.2, 0) is 14.2 Å². The Labute approximate surface area is 130 Å². The van der Waals surface area contributed by atoms with E-state index in [0.29, 0.717) is 0 Å². The van der Waals surface area contributed by atoms with E-state index in [2.05, 4.69) is 0 Å². The number of hydrogen-bond donors (Lipinski definition) is 8. The summed E-state index contributed by atoms with van der Waals surface area (Å²) in [5.74, 6) is -2.25. The minimum Gasteiger partial charge on any atom is -0.394 e. The normalized spacial score (nSPS) is 51.7. The molecule has 0 bridgehead atoms. The zero-order valence-corrected chi connectivity index (χ0v) is 12.0. The number of aliphatic hydroxyl groups excluding tert-OH is 8. The van der Waals surface area contributed by atoms with Crippen LogP contribution in [0.1, 0.15) is 0 Å². The molecule has 0 aromatic rings. The quantitative estimate of drug-likeness (QED) is 0.243. The van der Waals surface area contributed by atoms with E-state index in [1.165, 1.54) is 0 Å². The van der Waals surface area contributed by atoms with Gasteiger partial charge >= 0.3 is 0 Å². The first-order valence-corrected chi connectivity index (χ1v) is 7.04. The van der Waals surface area contributed by atoms with E-state index in [1.54, 1.807) is 0 Å². The molecule has 0 amide bonds. The van der Waals surface area contributed by atoms with Gasteiger partial charge in [-0.3, -0.25) is 0 Å². The van der Waals surface area contributed by atoms with Gasteiger partial charge in [0.05, 0.1) is 13.2 Å². The highest BCUT2D eigenvalue weighted by atomic mass is 16.8. The smallest absolute Gasteiger partial charge is 0.221 e. The lowest BCUT2D eigenvalue weighted by molar-refractivity contribution is -0.399. The second-order valence-corrected chi connectivity index (χ2v) is 5.60. The van der Waals surface area contributed by atoms with Crippen molar-refractivity contribution in [1.29, 1.82) is 0 Å². The fraction of sp³-hybridized carbons (Fsp3) is 1.00. The minimum absolute atomic E-state index is 0.486. The Morgan fingerprint density at radius 3 is 2.17 bits per heavy atom. The molecule has 0 aromatic heterocycles. The summed E-state index contributed by atoms with van der Waals surface area (Å²) in [6.45, 7) is -2.13. The molecule has 0 unspecified atom stereocenters. The molecule has 0 spiro atoms. The summed E-state index contributed by atoms with van der Waals surface area (Å²) in [7, 11) is 0. The first-order chi connectivity index (χ1) is 10.8. The Kier molecular flexibility index (Phi) is 5.92. The number of aliphatic hydroxyl groups is 8. The number of rotatable bonds is 4. The van der Waals surface area contributed by atoms with Gasteiger partial charge in [-0.2, -0.15) is 0 Å². The molecule has 2 rings (SSSR count). The molecule has 9 atom stereocenters. The summed E-state index contributed by atoms with van der Waals surface area (Å²) < 4.78 is 15.2. The summed E-state index contributed by atoms with van der Waals surface area (Å²) in [5, 5.41) is 77.2. The molecule has 2 aliphatic rings. The Hall–Kier alpha value is -0.440. The molecule has 0 radical (unpaired) electrons. The van der Waals surface area contributed by atoms with Gasteiger partial charge in [0, 0.05) is 0 Å². The summed E-state index contributed by atoms with van der Waals surface area (Å²) in [6.07, 6.45) is -13.1. The lowest BCUT2D eigenvalue weighted by Crippen LogP contribution is -2.68. The summed E-state index contributed by atoms with van der Waals surface area (Å²) in [6, 6.07) is 0. The molecule has 11 heteroatoms. The Morgan fingerprint density at radius 1 is 0.957 bits per heavy atom. The molecular formula is C12H22O11. The lowest BCUT2D eigenvalue weighted by Gasteiger charge is -2.48. The predicted octanol–water partition coefficient (Wildman–Crippen LogP) is -5.40. The molecular weight excluding hydrogens is 320 g/mol. The first-order valence-electron chi connectivity index (χ1n) is 7.04. The summed E-state index contributed by atoms with van der Waals surface area (Å²) in [4.78, 5) is 0. The second-order valence-electron chi connectivity index (χ2n) is 5.60. The standard InChI is InChI=1S/C12H22O11/c13-1-5-7(17)8(18)9(11(20)22-5)23-12(3-14)10(19)6(16)4(15)2-21-12/h4-11,13-20H,1-3H2/t4-,5-,6-,7-,8+,9-,10+,11+,12+/m1/s1. The monoisotopic (exact) mass is 342 g/mol. The van der Waals surface area contributed by atoms with Crippen molar-refractivity contribution < 1.29 is 55.1 Å². The third kappa shape index (κ3) is 3.36. The van der Waals surface area contributed by atoms with E-state index in [0.717, 1.165) is 0 Å². The third-order valence-electron chi connectivity index (χ3n) is 4.07. The zero-order chi connectivity index (χ0) is 17.4. The number of hydrogen-bond acceptors (Lipinski definition) is 11.